The number of nitrogens with one attached hydrogen (secondary N) is 2. The molecule has 0 saturated heterocycles. The minimum atomic E-state index is -0.704. The first kappa shape index (κ1) is 13.2. The minimum absolute atomic E-state index is 0.233. The molecule has 0 spiro atoms. The quantitative estimate of drug-likeness (QED) is 0.480. The lowest BCUT2D eigenvalue weighted by atomic mass is 10.3. The van der Waals surface area contributed by atoms with Crippen molar-refractivity contribution in [1.29, 1.82) is 5.41 Å². The summed E-state index contributed by atoms with van der Waals surface area (Å²) in [6.45, 7) is 1.91. The first-order chi connectivity index (χ1) is 8.13. The molecule has 90 valence electrons. The van der Waals surface area contributed by atoms with E-state index in [4.69, 9.17) is 17.0 Å². The largest absolute Gasteiger partial charge is 0.461 e. The minimum Gasteiger partial charge on any atom is -0.461 e. The highest BCUT2D eigenvalue weighted by molar-refractivity contribution is 6.58. The smallest absolute Gasteiger partial charge is 0.357 e. The number of nitrogens with zero attached hydrogens (tertiary/aromatic N) is 1. The Balaban J connectivity index is 2.50. The van der Waals surface area contributed by atoms with Gasteiger partial charge in [-0.1, -0.05) is 17.7 Å². The monoisotopic (exact) mass is 253 g/mol. The SMILES string of the molecule is CCOC(=O)C(=N)/C=N\Nc1cccc(Cl)c1. The Kier molecular flexibility index (Phi) is 5.16. The molecule has 17 heavy (non-hydrogen) atoms. The van der Waals surface area contributed by atoms with Gasteiger partial charge in [0.15, 0.2) is 5.71 Å². The third kappa shape index (κ3) is 4.65. The predicted octanol–water partition coefficient (Wildman–Crippen LogP) is 2.32. The number of carbonyl (C=O) groups excluding carboxylic acids is 1. The van der Waals surface area contributed by atoms with Gasteiger partial charge in [-0.05, 0) is 25.1 Å². The van der Waals surface area contributed by atoms with Crippen molar-refractivity contribution in [1.82, 2.24) is 0 Å². The number of hydrogen-bond acceptors (Lipinski definition) is 5. The van der Waals surface area contributed by atoms with Gasteiger partial charge in [0.05, 0.1) is 18.5 Å². The zero-order valence-corrected chi connectivity index (χ0v) is 9.99. The second-order valence-corrected chi connectivity index (χ2v) is 3.45. The van der Waals surface area contributed by atoms with Crippen LogP contribution in [0.1, 0.15) is 6.92 Å². The average molecular weight is 254 g/mol. The second kappa shape index (κ2) is 6.65. The Morgan fingerprint density at radius 2 is 2.41 bits per heavy atom. The summed E-state index contributed by atoms with van der Waals surface area (Å²) in [6.07, 6.45) is 1.08. The van der Waals surface area contributed by atoms with Crippen LogP contribution in [0.4, 0.5) is 5.69 Å². The van der Waals surface area contributed by atoms with E-state index in [2.05, 4.69) is 15.3 Å². The summed E-state index contributed by atoms with van der Waals surface area (Å²) in [5.41, 5.74) is 3.00. The van der Waals surface area contributed by atoms with Crippen LogP contribution < -0.4 is 5.43 Å². The van der Waals surface area contributed by atoms with E-state index >= 15 is 0 Å². The zero-order chi connectivity index (χ0) is 12.7. The number of anilines is 1. The molecular weight excluding hydrogens is 242 g/mol. The summed E-state index contributed by atoms with van der Waals surface area (Å²) in [5, 5.41) is 11.6. The number of hydrazone groups is 1. The summed E-state index contributed by atoms with van der Waals surface area (Å²) in [7, 11) is 0. The van der Waals surface area contributed by atoms with Crippen molar-refractivity contribution < 1.29 is 9.53 Å². The molecule has 0 fully saturated rings. The summed E-state index contributed by atoms with van der Waals surface area (Å²) in [6, 6.07) is 6.93. The molecule has 2 N–H and O–H groups in total. The Morgan fingerprint density at radius 3 is 3.06 bits per heavy atom. The number of benzene rings is 1. The molecule has 0 unspecified atom stereocenters. The van der Waals surface area contributed by atoms with Crippen molar-refractivity contribution in [2.75, 3.05) is 12.0 Å². The fourth-order valence-corrected chi connectivity index (χ4v) is 1.18. The van der Waals surface area contributed by atoms with E-state index in [1.165, 1.54) is 0 Å². The van der Waals surface area contributed by atoms with E-state index in [0.717, 1.165) is 6.21 Å². The highest BCUT2D eigenvalue weighted by Crippen LogP contribution is 2.14. The summed E-state index contributed by atoms with van der Waals surface area (Å²) < 4.78 is 4.62. The van der Waals surface area contributed by atoms with Gasteiger partial charge in [-0.3, -0.25) is 10.8 Å². The van der Waals surface area contributed by atoms with Crippen molar-refractivity contribution in [3.8, 4) is 0 Å². The molecule has 1 rings (SSSR count). The highest BCUT2D eigenvalue weighted by Gasteiger charge is 2.06. The number of ether oxygens (including phenoxy) is 1. The van der Waals surface area contributed by atoms with E-state index in [0.29, 0.717) is 10.7 Å². The third-order valence-corrected chi connectivity index (χ3v) is 1.94. The van der Waals surface area contributed by atoms with Crippen LogP contribution in [-0.4, -0.2) is 24.5 Å². The molecule has 0 bridgehead atoms. The zero-order valence-electron chi connectivity index (χ0n) is 9.24. The van der Waals surface area contributed by atoms with Crippen LogP contribution in [0, 0.1) is 5.41 Å². The molecule has 0 saturated carbocycles. The van der Waals surface area contributed by atoms with Crippen molar-refractivity contribution >= 4 is 35.2 Å². The lowest BCUT2D eigenvalue weighted by Crippen LogP contribution is -2.17. The standard InChI is InChI=1S/C11H12ClN3O2/c1-2-17-11(16)10(13)7-14-15-9-5-3-4-8(12)6-9/h3-7,13,15H,2H2,1H3/b13-10?,14-7-. The van der Waals surface area contributed by atoms with Crippen molar-refractivity contribution in [2.45, 2.75) is 6.92 Å². The Hall–Kier alpha value is -1.88. The van der Waals surface area contributed by atoms with Crippen molar-refractivity contribution in [3.05, 3.63) is 29.3 Å². The van der Waals surface area contributed by atoms with Gasteiger partial charge >= 0.3 is 5.97 Å². The van der Waals surface area contributed by atoms with E-state index < -0.39 is 5.97 Å². The van der Waals surface area contributed by atoms with Crippen LogP contribution in [0.5, 0.6) is 0 Å². The fourth-order valence-electron chi connectivity index (χ4n) is 0.991. The van der Waals surface area contributed by atoms with Gasteiger partial charge in [-0.15, -0.1) is 0 Å². The molecule has 0 aromatic heterocycles. The molecule has 1 aromatic rings. The van der Waals surface area contributed by atoms with Crippen LogP contribution in [0.25, 0.3) is 0 Å². The maximum absolute atomic E-state index is 11.1. The topological polar surface area (TPSA) is 74.5 Å². The molecule has 1 aromatic carbocycles. The third-order valence-electron chi connectivity index (χ3n) is 1.71. The van der Waals surface area contributed by atoms with E-state index in [1.807, 2.05) is 0 Å². The van der Waals surface area contributed by atoms with Crippen LogP contribution in [0.15, 0.2) is 29.4 Å². The molecule has 5 nitrogen and oxygen atoms in total. The molecule has 0 amide bonds. The van der Waals surface area contributed by atoms with Gasteiger partial charge in [0.1, 0.15) is 0 Å². The molecule has 6 heteroatoms. The fraction of sp³-hybridized carbons (Fsp3) is 0.182. The predicted molar refractivity (Wildman–Crippen MR) is 67.9 cm³/mol. The molecule has 0 aliphatic heterocycles. The van der Waals surface area contributed by atoms with Crippen molar-refractivity contribution in [2.24, 2.45) is 5.10 Å². The van der Waals surface area contributed by atoms with Gasteiger partial charge in [0.25, 0.3) is 0 Å². The number of carbonyl (C=O) groups is 1. The Labute approximate surface area is 104 Å². The maximum atomic E-state index is 11.1. The Bertz CT molecular complexity index is 446. The number of hydrogen-bond donors (Lipinski definition) is 2. The van der Waals surface area contributed by atoms with E-state index in [1.54, 1.807) is 31.2 Å². The van der Waals surface area contributed by atoms with Gasteiger partial charge in [0.2, 0.25) is 0 Å². The van der Waals surface area contributed by atoms with Gasteiger partial charge in [-0.2, -0.15) is 5.10 Å². The van der Waals surface area contributed by atoms with Gasteiger partial charge in [0, 0.05) is 5.02 Å². The summed E-state index contributed by atoms with van der Waals surface area (Å²) in [4.78, 5) is 11.1. The molecule has 0 aliphatic carbocycles. The molecule has 0 aliphatic rings. The summed E-state index contributed by atoms with van der Waals surface area (Å²) >= 11 is 5.77. The maximum Gasteiger partial charge on any atom is 0.357 e. The number of esters is 1. The Morgan fingerprint density at radius 1 is 1.65 bits per heavy atom. The van der Waals surface area contributed by atoms with Crippen LogP contribution >= 0.6 is 11.6 Å². The molecule has 0 atom stereocenters. The van der Waals surface area contributed by atoms with Crippen molar-refractivity contribution in [3.63, 3.8) is 0 Å². The lowest BCUT2D eigenvalue weighted by Gasteiger charge is -2.00. The number of rotatable bonds is 5. The molecular formula is C11H12ClN3O2. The number of halogens is 1. The van der Waals surface area contributed by atoms with Crippen LogP contribution in [-0.2, 0) is 9.53 Å². The first-order valence-corrected chi connectivity index (χ1v) is 5.31. The van der Waals surface area contributed by atoms with Crippen LogP contribution in [0.3, 0.4) is 0 Å². The summed E-state index contributed by atoms with van der Waals surface area (Å²) in [5.74, 6) is -0.704. The van der Waals surface area contributed by atoms with E-state index in [9.17, 15) is 4.79 Å². The van der Waals surface area contributed by atoms with Gasteiger partial charge < -0.3 is 4.74 Å². The van der Waals surface area contributed by atoms with Crippen LogP contribution in [0.2, 0.25) is 5.02 Å². The highest BCUT2D eigenvalue weighted by atomic mass is 35.5. The second-order valence-electron chi connectivity index (χ2n) is 3.01. The normalized spacial score (nSPS) is 10.2. The average Bonchev–Trinajstić information content (AvgIpc) is 2.29. The van der Waals surface area contributed by atoms with Gasteiger partial charge in [-0.25, -0.2) is 4.79 Å². The molecule has 0 heterocycles. The first-order valence-electron chi connectivity index (χ1n) is 4.93. The lowest BCUT2D eigenvalue weighted by molar-refractivity contribution is -0.134. The van der Waals surface area contributed by atoms with E-state index in [-0.39, 0.29) is 12.3 Å². The molecule has 0 radical (unpaired) electrons.